The van der Waals surface area contributed by atoms with Crippen LogP contribution in [0, 0.1) is 5.82 Å². The third kappa shape index (κ3) is 3.49. The number of pyridine rings is 1. The van der Waals surface area contributed by atoms with Gasteiger partial charge in [-0.15, -0.1) is 0 Å². The fraction of sp³-hybridized carbons (Fsp3) is 0.188. The Labute approximate surface area is 147 Å². The van der Waals surface area contributed by atoms with E-state index in [0.29, 0.717) is 28.0 Å². The Morgan fingerprint density at radius 1 is 1.33 bits per heavy atom. The first-order chi connectivity index (χ1) is 11.6. The van der Waals surface area contributed by atoms with Crippen molar-refractivity contribution in [3.05, 3.63) is 64.0 Å². The number of hydrogen-bond donors (Lipinski definition) is 1. The summed E-state index contributed by atoms with van der Waals surface area (Å²) in [5.41, 5.74) is 0.368. The molecule has 0 spiro atoms. The molecule has 1 unspecified atom stereocenters. The maximum atomic E-state index is 13.7. The van der Waals surface area contributed by atoms with E-state index in [-0.39, 0.29) is 11.8 Å². The highest BCUT2D eigenvalue weighted by atomic mass is 35.5. The molecule has 24 heavy (non-hydrogen) atoms. The van der Waals surface area contributed by atoms with Gasteiger partial charge in [0.1, 0.15) is 18.2 Å². The predicted molar refractivity (Wildman–Crippen MR) is 88.4 cm³/mol. The van der Waals surface area contributed by atoms with Crippen molar-refractivity contribution in [2.45, 2.75) is 13.0 Å². The van der Waals surface area contributed by atoms with Gasteiger partial charge in [-0.2, -0.15) is 0 Å². The number of halogens is 3. The first-order valence-electron chi connectivity index (χ1n) is 7.03. The molecular formula is C16H13Cl2FN2O3. The Hall–Kier alpha value is -2.18. The molecule has 0 saturated heterocycles. The number of benzene rings is 1. The highest BCUT2D eigenvalue weighted by molar-refractivity contribution is 6.36. The van der Waals surface area contributed by atoms with E-state index in [9.17, 15) is 4.39 Å². The van der Waals surface area contributed by atoms with Crippen molar-refractivity contribution >= 4 is 29.0 Å². The molecule has 1 aromatic carbocycles. The van der Waals surface area contributed by atoms with Gasteiger partial charge in [0.25, 0.3) is 0 Å². The summed E-state index contributed by atoms with van der Waals surface area (Å²) in [5, 5.41) is 3.20. The van der Waals surface area contributed by atoms with Crippen LogP contribution in [-0.4, -0.2) is 11.8 Å². The molecule has 1 atom stereocenters. The SMILES string of the molecule is CC(Oc1cccnc1NC1=COCO1)c1c(Cl)ccc(F)c1Cl. The van der Waals surface area contributed by atoms with Crippen LogP contribution in [0.15, 0.2) is 42.6 Å². The van der Waals surface area contributed by atoms with Gasteiger partial charge in [-0.3, -0.25) is 0 Å². The van der Waals surface area contributed by atoms with Crippen molar-refractivity contribution < 1.29 is 18.6 Å². The molecular weight excluding hydrogens is 358 g/mol. The van der Waals surface area contributed by atoms with Gasteiger partial charge in [-0.05, 0) is 31.2 Å². The van der Waals surface area contributed by atoms with E-state index in [1.165, 1.54) is 18.4 Å². The van der Waals surface area contributed by atoms with Crippen molar-refractivity contribution in [2.24, 2.45) is 0 Å². The average Bonchev–Trinajstić information content (AvgIpc) is 3.06. The Morgan fingerprint density at radius 2 is 2.17 bits per heavy atom. The van der Waals surface area contributed by atoms with Crippen LogP contribution >= 0.6 is 23.2 Å². The summed E-state index contributed by atoms with van der Waals surface area (Å²) in [6.07, 6.45) is 2.43. The van der Waals surface area contributed by atoms with Crippen molar-refractivity contribution in [1.29, 1.82) is 0 Å². The molecule has 3 rings (SSSR count). The minimum absolute atomic E-state index is 0.0661. The summed E-state index contributed by atoms with van der Waals surface area (Å²) >= 11 is 12.2. The van der Waals surface area contributed by atoms with Crippen molar-refractivity contribution in [3.8, 4) is 5.75 Å². The van der Waals surface area contributed by atoms with Gasteiger partial charge in [0.15, 0.2) is 11.6 Å². The van der Waals surface area contributed by atoms with E-state index in [1.54, 1.807) is 25.3 Å². The van der Waals surface area contributed by atoms with Crippen LogP contribution in [0.1, 0.15) is 18.6 Å². The second-order valence-corrected chi connectivity index (χ2v) is 5.69. The van der Waals surface area contributed by atoms with Crippen molar-refractivity contribution in [2.75, 3.05) is 12.1 Å². The largest absolute Gasteiger partial charge is 0.482 e. The van der Waals surface area contributed by atoms with Crippen LogP contribution < -0.4 is 10.1 Å². The lowest BCUT2D eigenvalue weighted by atomic mass is 10.1. The van der Waals surface area contributed by atoms with Gasteiger partial charge in [-0.25, -0.2) is 9.37 Å². The average molecular weight is 371 g/mol. The molecule has 0 aliphatic carbocycles. The second kappa shape index (κ2) is 7.15. The molecule has 1 aromatic heterocycles. The molecule has 8 heteroatoms. The molecule has 0 radical (unpaired) electrons. The minimum atomic E-state index is -0.597. The van der Waals surface area contributed by atoms with E-state index in [1.807, 2.05) is 0 Å². The summed E-state index contributed by atoms with van der Waals surface area (Å²) in [6.45, 7) is 1.86. The smallest absolute Gasteiger partial charge is 0.232 e. The summed E-state index contributed by atoms with van der Waals surface area (Å²) in [6, 6.07) is 6.07. The van der Waals surface area contributed by atoms with Gasteiger partial charge in [0.05, 0.1) is 5.02 Å². The lowest BCUT2D eigenvalue weighted by Gasteiger charge is -2.19. The van der Waals surface area contributed by atoms with Crippen molar-refractivity contribution in [1.82, 2.24) is 4.98 Å². The third-order valence-corrected chi connectivity index (χ3v) is 3.99. The number of aromatic nitrogens is 1. The Kier molecular flexibility index (Phi) is 4.97. The quantitative estimate of drug-likeness (QED) is 0.759. The number of nitrogens with zero attached hydrogens (tertiary/aromatic N) is 1. The van der Waals surface area contributed by atoms with E-state index >= 15 is 0 Å². The van der Waals surface area contributed by atoms with Gasteiger partial charge >= 0.3 is 0 Å². The van der Waals surface area contributed by atoms with Crippen LogP contribution in [0.25, 0.3) is 0 Å². The fourth-order valence-corrected chi connectivity index (χ4v) is 2.85. The molecule has 0 bridgehead atoms. The van der Waals surface area contributed by atoms with Crippen LogP contribution in [0.4, 0.5) is 10.2 Å². The second-order valence-electron chi connectivity index (χ2n) is 4.90. The van der Waals surface area contributed by atoms with Gasteiger partial charge in [0.2, 0.25) is 12.7 Å². The third-order valence-electron chi connectivity index (χ3n) is 3.27. The van der Waals surface area contributed by atoms with Crippen LogP contribution in [0.3, 0.4) is 0 Å². The van der Waals surface area contributed by atoms with Gasteiger partial charge in [0, 0.05) is 16.8 Å². The molecule has 1 aliphatic rings. The number of rotatable bonds is 5. The molecule has 5 nitrogen and oxygen atoms in total. The highest BCUT2D eigenvalue weighted by Gasteiger charge is 2.20. The summed E-state index contributed by atoms with van der Waals surface area (Å²) in [4.78, 5) is 4.20. The first kappa shape index (κ1) is 16.7. The van der Waals surface area contributed by atoms with Gasteiger partial charge in [-0.1, -0.05) is 23.2 Å². The molecule has 126 valence electrons. The lowest BCUT2D eigenvalue weighted by molar-refractivity contribution is 0.0822. The summed E-state index contributed by atoms with van der Waals surface area (Å²) in [5.74, 6) is 0.702. The lowest BCUT2D eigenvalue weighted by Crippen LogP contribution is -2.09. The van der Waals surface area contributed by atoms with Crippen LogP contribution in [0.2, 0.25) is 10.0 Å². The van der Waals surface area contributed by atoms with E-state index in [4.69, 9.17) is 37.4 Å². The Bertz CT molecular complexity index is 786. The van der Waals surface area contributed by atoms with Gasteiger partial charge < -0.3 is 19.5 Å². The highest BCUT2D eigenvalue weighted by Crippen LogP contribution is 2.36. The van der Waals surface area contributed by atoms with E-state index in [0.717, 1.165) is 0 Å². The summed E-state index contributed by atoms with van der Waals surface area (Å²) < 4.78 is 29.7. The normalized spacial score (nSPS) is 14.4. The van der Waals surface area contributed by atoms with Crippen LogP contribution in [-0.2, 0) is 9.47 Å². The molecule has 1 N–H and O–H groups in total. The number of ether oxygens (including phenoxy) is 3. The topological polar surface area (TPSA) is 52.6 Å². The molecule has 0 fully saturated rings. The Balaban J connectivity index is 1.85. The zero-order valence-corrected chi connectivity index (χ0v) is 14.1. The van der Waals surface area contributed by atoms with Crippen LogP contribution in [0.5, 0.6) is 5.75 Å². The monoisotopic (exact) mass is 370 g/mol. The molecule has 1 aliphatic heterocycles. The van der Waals surface area contributed by atoms with Crippen molar-refractivity contribution in [3.63, 3.8) is 0 Å². The number of anilines is 1. The van der Waals surface area contributed by atoms with E-state index in [2.05, 4.69) is 10.3 Å². The number of nitrogens with one attached hydrogen (secondary N) is 1. The zero-order valence-electron chi connectivity index (χ0n) is 12.6. The maximum absolute atomic E-state index is 13.7. The fourth-order valence-electron chi connectivity index (χ4n) is 2.17. The minimum Gasteiger partial charge on any atom is -0.482 e. The van der Waals surface area contributed by atoms with E-state index < -0.39 is 11.9 Å². The first-order valence-corrected chi connectivity index (χ1v) is 7.78. The zero-order chi connectivity index (χ0) is 17.1. The molecule has 0 amide bonds. The predicted octanol–water partition coefficient (Wildman–Crippen LogP) is 4.88. The Morgan fingerprint density at radius 3 is 2.92 bits per heavy atom. The standard InChI is InChI=1S/C16H13Cl2FN2O3/c1-9(14-10(17)4-5-11(19)15(14)18)24-12-3-2-6-20-16(12)21-13-7-22-8-23-13/h2-7,9H,8H2,1H3,(H,20,21). The summed E-state index contributed by atoms with van der Waals surface area (Å²) in [7, 11) is 0. The molecule has 2 heterocycles. The molecule has 0 saturated carbocycles. The molecule has 2 aromatic rings. The number of hydrogen-bond acceptors (Lipinski definition) is 5. The maximum Gasteiger partial charge on any atom is 0.232 e.